The van der Waals surface area contributed by atoms with E-state index in [1.54, 1.807) is 0 Å². The van der Waals surface area contributed by atoms with Crippen LogP contribution in [0.2, 0.25) is 0 Å². The van der Waals surface area contributed by atoms with Gasteiger partial charge in [0.2, 0.25) is 0 Å². The normalized spacial score (nSPS) is 13.5. The molecule has 0 spiro atoms. The Labute approximate surface area is 213 Å². The number of alkyl halides is 3. The van der Waals surface area contributed by atoms with Crippen molar-refractivity contribution >= 4 is 0 Å². The number of ether oxygens (including phenoxy) is 4. The Morgan fingerprint density at radius 3 is 1.60 bits per heavy atom. The maximum Gasteiger partial charge on any atom is 0.272 e. The Hall–Kier alpha value is -0.450. The molecule has 0 aliphatic carbocycles. The van der Waals surface area contributed by atoms with Gasteiger partial charge in [-0.1, -0.05) is 13.8 Å². The van der Waals surface area contributed by atoms with Crippen LogP contribution in [0.1, 0.15) is 81.1 Å². The van der Waals surface area contributed by atoms with E-state index in [9.17, 15) is 13.2 Å². The van der Waals surface area contributed by atoms with E-state index in [0.717, 1.165) is 19.4 Å². The van der Waals surface area contributed by atoms with Crippen molar-refractivity contribution < 1.29 is 32.1 Å². The summed E-state index contributed by atoms with van der Waals surface area (Å²) in [6.45, 7) is 19.8. The van der Waals surface area contributed by atoms with Crippen molar-refractivity contribution in [3.05, 3.63) is 0 Å². The monoisotopic (exact) mass is 516 g/mol. The molecular formula is C26H55F3N2O4. The molecule has 0 aromatic carbocycles. The fourth-order valence-electron chi connectivity index (χ4n) is 2.54. The lowest BCUT2D eigenvalue weighted by molar-refractivity contribution is -0.0897. The minimum atomic E-state index is -2.77. The highest BCUT2D eigenvalue weighted by molar-refractivity contribution is 4.74. The Morgan fingerprint density at radius 1 is 0.657 bits per heavy atom. The van der Waals surface area contributed by atoms with Crippen molar-refractivity contribution in [3.8, 4) is 0 Å². The van der Waals surface area contributed by atoms with Gasteiger partial charge in [-0.2, -0.15) is 0 Å². The Bertz CT molecular complexity index is 459. The topological polar surface area (TPSA) is 61.0 Å². The van der Waals surface area contributed by atoms with Gasteiger partial charge in [-0.05, 0) is 67.3 Å². The Kier molecular flexibility index (Phi) is 22.7. The van der Waals surface area contributed by atoms with Crippen molar-refractivity contribution in [1.29, 1.82) is 0 Å². The van der Waals surface area contributed by atoms with E-state index in [1.165, 1.54) is 0 Å². The lowest BCUT2D eigenvalue weighted by atomic mass is 10.1. The van der Waals surface area contributed by atoms with Gasteiger partial charge in [0.1, 0.15) is 12.8 Å². The van der Waals surface area contributed by atoms with Crippen LogP contribution in [0.25, 0.3) is 0 Å². The fraction of sp³-hybridized carbons (Fsp3) is 1.00. The lowest BCUT2D eigenvalue weighted by Crippen LogP contribution is -2.39. The van der Waals surface area contributed by atoms with Crippen molar-refractivity contribution in [2.45, 2.75) is 104 Å². The largest absolute Gasteiger partial charge is 0.379 e. The second-order valence-electron chi connectivity index (χ2n) is 10.7. The summed E-state index contributed by atoms with van der Waals surface area (Å²) < 4.78 is 60.6. The average molecular weight is 517 g/mol. The first-order valence-corrected chi connectivity index (χ1v) is 13.1. The summed E-state index contributed by atoms with van der Waals surface area (Å²) in [5.74, 6) is -2.77. The fourth-order valence-corrected chi connectivity index (χ4v) is 2.54. The zero-order valence-corrected chi connectivity index (χ0v) is 23.7. The molecular weight excluding hydrogens is 461 g/mol. The second-order valence-corrected chi connectivity index (χ2v) is 10.7. The molecule has 0 rings (SSSR count). The predicted molar refractivity (Wildman–Crippen MR) is 138 cm³/mol. The van der Waals surface area contributed by atoms with Crippen LogP contribution < -0.4 is 10.6 Å². The first-order chi connectivity index (χ1) is 16.2. The predicted octanol–water partition coefficient (Wildman–Crippen LogP) is 5.39. The van der Waals surface area contributed by atoms with Crippen LogP contribution in [-0.2, 0) is 18.9 Å². The highest BCUT2D eigenvalue weighted by atomic mass is 19.3. The average Bonchev–Trinajstić information content (AvgIpc) is 2.71. The zero-order valence-electron chi connectivity index (χ0n) is 23.7. The van der Waals surface area contributed by atoms with Crippen LogP contribution in [0.5, 0.6) is 0 Å². The van der Waals surface area contributed by atoms with Crippen LogP contribution in [0.3, 0.4) is 0 Å². The van der Waals surface area contributed by atoms with Crippen LogP contribution in [-0.4, -0.2) is 89.1 Å². The van der Waals surface area contributed by atoms with Crippen LogP contribution in [0.4, 0.5) is 13.2 Å². The number of halogens is 3. The Balaban J connectivity index is 0. The van der Waals surface area contributed by atoms with Gasteiger partial charge in [0.15, 0.2) is 0 Å². The number of hydrogen-bond donors (Lipinski definition) is 2. The smallest absolute Gasteiger partial charge is 0.272 e. The van der Waals surface area contributed by atoms with E-state index >= 15 is 0 Å². The zero-order chi connectivity index (χ0) is 27.2. The summed E-state index contributed by atoms with van der Waals surface area (Å²) in [4.78, 5) is 0. The molecule has 2 N–H and O–H groups in total. The van der Waals surface area contributed by atoms with Crippen molar-refractivity contribution in [3.63, 3.8) is 0 Å². The molecule has 1 atom stereocenters. The molecule has 9 heteroatoms. The summed E-state index contributed by atoms with van der Waals surface area (Å²) in [6.07, 6.45) is 1.32. The van der Waals surface area contributed by atoms with E-state index in [4.69, 9.17) is 18.9 Å². The Morgan fingerprint density at radius 2 is 1.11 bits per heavy atom. The molecule has 0 saturated carbocycles. The minimum Gasteiger partial charge on any atom is -0.379 e. The molecule has 0 fully saturated rings. The second kappa shape index (κ2) is 21.6. The summed E-state index contributed by atoms with van der Waals surface area (Å²) >= 11 is 0. The summed E-state index contributed by atoms with van der Waals surface area (Å²) in [6, 6.07) is 0. The molecule has 0 radical (unpaired) electrons. The molecule has 0 bridgehead atoms. The standard InChI is InChI=1S/C13H27F2NO2.C13H28FNO2/c1-5-8-17-9-10-18-11-13(14,15)6-7-16-12(2,3)4;1-5-8-16-9-10-17-11-12(14)6-7-15-13(2,3)4/h16H,5-11H2,1-4H3;12,15H,5-11H2,1-4H3. The van der Waals surface area contributed by atoms with Crippen LogP contribution in [0.15, 0.2) is 0 Å². The van der Waals surface area contributed by atoms with Gasteiger partial charge in [0.25, 0.3) is 5.92 Å². The summed E-state index contributed by atoms with van der Waals surface area (Å²) in [7, 11) is 0. The molecule has 1 unspecified atom stereocenters. The van der Waals surface area contributed by atoms with Gasteiger partial charge in [-0.25, -0.2) is 13.2 Å². The molecule has 0 saturated heterocycles. The molecule has 214 valence electrons. The first-order valence-electron chi connectivity index (χ1n) is 13.1. The lowest BCUT2D eigenvalue weighted by Gasteiger charge is -2.23. The maximum absolute atomic E-state index is 13.4. The van der Waals surface area contributed by atoms with Gasteiger partial charge in [0.05, 0.1) is 33.0 Å². The SMILES string of the molecule is CCCOCCOCC(F)(F)CCNC(C)(C)C.CCCOCCOCC(F)CCNC(C)(C)C. The first kappa shape index (κ1) is 36.7. The van der Waals surface area contributed by atoms with Crippen molar-refractivity contribution in [2.24, 2.45) is 0 Å². The van der Waals surface area contributed by atoms with Gasteiger partial charge in [-0.3, -0.25) is 0 Å². The molecule has 6 nitrogen and oxygen atoms in total. The third-order valence-corrected chi connectivity index (χ3v) is 4.31. The van der Waals surface area contributed by atoms with E-state index in [0.29, 0.717) is 39.4 Å². The molecule has 0 heterocycles. The third-order valence-electron chi connectivity index (χ3n) is 4.31. The van der Waals surface area contributed by atoms with Crippen LogP contribution in [0, 0.1) is 0 Å². The molecule has 0 aromatic rings. The molecule has 0 amide bonds. The molecule has 35 heavy (non-hydrogen) atoms. The number of rotatable bonds is 20. The van der Waals surface area contributed by atoms with Gasteiger partial charge in [0, 0.05) is 37.3 Å². The number of hydrogen-bond acceptors (Lipinski definition) is 6. The quantitative estimate of drug-likeness (QED) is 0.212. The van der Waals surface area contributed by atoms with E-state index < -0.39 is 18.7 Å². The van der Waals surface area contributed by atoms with E-state index in [-0.39, 0.29) is 37.3 Å². The van der Waals surface area contributed by atoms with Crippen molar-refractivity contribution in [1.82, 2.24) is 10.6 Å². The minimum absolute atomic E-state index is 0.0502. The molecule has 0 aliphatic rings. The van der Waals surface area contributed by atoms with Gasteiger partial charge < -0.3 is 29.6 Å². The van der Waals surface area contributed by atoms with Crippen molar-refractivity contribution in [2.75, 3.05) is 65.9 Å². The highest BCUT2D eigenvalue weighted by Gasteiger charge is 2.29. The van der Waals surface area contributed by atoms with Gasteiger partial charge >= 0.3 is 0 Å². The summed E-state index contributed by atoms with van der Waals surface area (Å²) in [5, 5.41) is 6.29. The highest BCUT2D eigenvalue weighted by Crippen LogP contribution is 2.18. The van der Waals surface area contributed by atoms with Crippen LogP contribution >= 0.6 is 0 Å². The molecule has 0 aliphatic heterocycles. The number of nitrogens with one attached hydrogen (secondary N) is 2. The van der Waals surface area contributed by atoms with E-state index in [2.05, 4.69) is 38.3 Å². The third kappa shape index (κ3) is 33.5. The van der Waals surface area contributed by atoms with Gasteiger partial charge in [-0.15, -0.1) is 0 Å². The maximum atomic E-state index is 13.4. The van der Waals surface area contributed by atoms with E-state index in [1.807, 2.05) is 27.7 Å². The summed E-state index contributed by atoms with van der Waals surface area (Å²) in [5.41, 5.74) is -0.0838. The molecule has 0 aromatic heterocycles.